The quantitative estimate of drug-likeness (QED) is 0.857. The SMILES string of the molecule is CN(C)C(=O)Oc1cccc(-c2ccncn2)c1NC(=O)C1CCNCC1. The van der Waals surface area contributed by atoms with E-state index in [1.165, 1.54) is 11.2 Å². The van der Waals surface area contributed by atoms with E-state index in [-0.39, 0.29) is 17.6 Å². The molecule has 0 unspecified atom stereocenters. The summed E-state index contributed by atoms with van der Waals surface area (Å²) in [5, 5.41) is 6.22. The number of hydrogen-bond acceptors (Lipinski definition) is 6. The molecule has 0 spiro atoms. The van der Waals surface area contributed by atoms with Gasteiger partial charge in [-0.1, -0.05) is 12.1 Å². The van der Waals surface area contributed by atoms with Gasteiger partial charge in [-0.25, -0.2) is 14.8 Å². The monoisotopic (exact) mass is 369 g/mol. The van der Waals surface area contributed by atoms with Gasteiger partial charge in [0.05, 0.1) is 11.4 Å². The Kier molecular flexibility index (Phi) is 5.97. The highest BCUT2D eigenvalue weighted by atomic mass is 16.6. The van der Waals surface area contributed by atoms with E-state index in [9.17, 15) is 9.59 Å². The Morgan fingerprint density at radius 3 is 2.67 bits per heavy atom. The van der Waals surface area contributed by atoms with Crippen molar-refractivity contribution in [1.29, 1.82) is 0 Å². The van der Waals surface area contributed by atoms with Crippen LogP contribution in [0.15, 0.2) is 36.8 Å². The molecule has 1 aromatic heterocycles. The minimum atomic E-state index is -0.521. The first kappa shape index (κ1) is 18.8. The number of benzene rings is 1. The number of nitrogens with one attached hydrogen (secondary N) is 2. The summed E-state index contributed by atoms with van der Waals surface area (Å²) in [5.41, 5.74) is 1.74. The van der Waals surface area contributed by atoms with E-state index in [0.29, 0.717) is 16.9 Å². The summed E-state index contributed by atoms with van der Waals surface area (Å²) in [7, 11) is 3.20. The van der Waals surface area contributed by atoms with Gasteiger partial charge in [0.2, 0.25) is 5.91 Å². The molecule has 0 saturated carbocycles. The largest absolute Gasteiger partial charge is 0.414 e. The number of carbonyl (C=O) groups is 2. The predicted octanol–water partition coefficient (Wildman–Crippen LogP) is 2.14. The molecule has 0 atom stereocenters. The lowest BCUT2D eigenvalue weighted by Crippen LogP contribution is -2.35. The van der Waals surface area contributed by atoms with Gasteiger partial charge in [0.1, 0.15) is 6.33 Å². The van der Waals surface area contributed by atoms with Crippen molar-refractivity contribution in [2.75, 3.05) is 32.5 Å². The summed E-state index contributed by atoms with van der Waals surface area (Å²) in [6.45, 7) is 1.63. The molecule has 142 valence electrons. The van der Waals surface area contributed by atoms with Gasteiger partial charge in [-0.2, -0.15) is 0 Å². The number of rotatable bonds is 4. The van der Waals surface area contributed by atoms with Crippen molar-refractivity contribution in [2.24, 2.45) is 5.92 Å². The minimum absolute atomic E-state index is 0.0814. The molecule has 3 rings (SSSR count). The maximum absolute atomic E-state index is 12.8. The van der Waals surface area contributed by atoms with Gasteiger partial charge in [0, 0.05) is 31.8 Å². The lowest BCUT2D eigenvalue weighted by molar-refractivity contribution is -0.120. The normalized spacial score (nSPS) is 14.4. The van der Waals surface area contributed by atoms with Crippen molar-refractivity contribution in [3.05, 3.63) is 36.8 Å². The topological polar surface area (TPSA) is 96.5 Å². The summed E-state index contributed by atoms with van der Waals surface area (Å²) in [5.74, 6) is 0.120. The Labute approximate surface area is 158 Å². The summed E-state index contributed by atoms with van der Waals surface area (Å²) >= 11 is 0. The van der Waals surface area contributed by atoms with Crippen LogP contribution in [0.4, 0.5) is 10.5 Å². The first-order chi connectivity index (χ1) is 13.1. The number of carbonyl (C=O) groups excluding carboxylic acids is 2. The van der Waals surface area contributed by atoms with Crippen LogP contribution in [0.2, 0.25) is 0 Å². The van der Waals surface area contributed by atoms with Gasteiger partial charge in [-0.05, 0) is 38.1 Å². The smallest absolute Gasteiger partial charge is 0.408 e. The molecule has 1 saturated heterocycles. The third-order valence-electron chi connectivity index (χ3n) is 4.40. The highest BCUT2D eigenvalue weighted by Gasteiger charge is 2.24. The fraction of sp³-hybridized carbons (Fsp3) is 0.368. The van der Waals surface area contributed by atoms with Crippen LogP contribution < -0.4 is 15.4 Å². The average Bonchev–Trinajstić information content (AvgIpc) is 2.70. The summed E-state index contributed by atoms with van der Waals surface area (Å²) in [4.78, 5) is 34.4. The zero-order valence-corrected chi connectivity index (χ0v) is 15.4. The lowest BCUT2D eigenvalue weighted by atomic mass is 9.97. The number of nitrogens with zero attached hydrogens (tertiary/aromatic N) is 3. The molecule has 1 aromatic carbocycles. The molecule has 0 aliphatic carbocycles. The first-order valence-corrected chi connectivity index (χ1v) is 8.86. The number of para-hydroxylation sites is 1. The summed E-state index contributed by atoms with van der Waals surface area (Å²) in [6.07, 6.45) is 4.08. The standard InChI is InChI=1S/C19H23N5O3/c1-24(2)19(26)27-16-5-3-4-14(15-8-11-21-12-22-15)17(16)23-18(25)13-6-9-20-10-7-13/h3-5,8,11-13,20H,6-7,9-10H2,1-2H3,(H,23,25). The van der Waals surface area contributed by atoms with Crippen molar-refractivity contribution >= 4 is 17.7 Å². The maximum Gasteiger partial charge on any atom is 0.414 e. The fourth-order valence-electron chi connectivity index (χ4n) is 2.90. The van der Waals surface area contributed by atoms with Crippen molar-refractivity contribution < 1.29 is 14.3 Å². The van der Waals surface area contributed by atoms with Crippen LogP contribution in [0.1, 0.15) is 12.8 Å². The van der Waals surface area contributed by atoms with Gasteiger partial charge in [0.25, 0.3) is 0 Å². The molecule has 2 aromatic rings. The second kappa shape index (κ2) is 8.59. The molecule has 1 aliphatic rings. The third kappa shape index (κ3) is 4.59. The lowest BCUT2D eigenvalue weighted by Gasteiger charge is -2.23. The van der Waals surface area contributed by atoms with Crippen molar-refractivity contribution in [2.45, 2.75) is 12.8 Å². The number of piperidine rings is 1. The maximum atomic E-state index is 12.8. The number of aromatic nitrogens is 2. The zero-order chi connectivity index (χ0) is 19.2. The Bertz CT molecular complexity index is 804. The zero-order valence-electron chi connectivity index (χ0n) is 15.4. The van der Waals surface area contributed by atoms with E-state index in [2.05, 4.69) is 20.6 Å². The van der Waals surface area contributed by atoms with Gasteiger partial charge in [-0.15, -0.1) is 0 Å². The second-order valence-electron chi connectivity index (χ2n) is 6.55. The Morgan fingerprint density at radius 1 is 1.22 bits per heavy atom. The predicted molar refractivity (Wildman–Crippen MR) is 101 cm³/mol. The van der Waals surface area contributed by atoms with E-state index >= 15 is 0 Å². The van der Waals surface area contributed by atoms with Gasteiger partial charge in [0.15, 0.2) is 5.75 Å². The number of amides is 2. The Morgan fingerprint density at radius 2 is 2.00 bits per heavy atom. The fourth-order valence-corrected chi connectivity index (χ4v) is 2.90. The van der Waals surface area contributed by atoms with Crippen LogP contribution >= 0.6 is 0 Å². The summed E-state index contributed by atoms with van der Waals surface area (Å²) in [6, 6.07) is 6.99. The molecule has 8 nitrogen and oxygen atoms in total. The second-order valence-corrected chi connectivity index (χ2v) is 6.55. The van der Waals surface area contributed by atoms with Crippen LogP contribution in [0.5, 0.6) is 5.75 Å². The number of hydrogen-bond donors (Lipinski definition) is 2. The van der Waals surface area contributed by atoms with Crippen molar-refractivity contribution in [3.8, 4) is 17.0 Å². The molecule has 0 bridgehead atoms. The van der Waals surface area contributed by atoms with E-state index in [1.807, 2.05) is 6.07 Å². The number of anilines is 1. The Hall–Kier alpha value is -3.00. The van der Waals surface area contributed by atoms with E-state index < -0.39 is 6.09 Å². The first-order valence-electron chi connectivity index (χ1n) is 8.86. The van der Waals surface area contributed by atoms with Crippen LogP contribution in [0, 0.1) is 5.92 Å². The highest BCUT2D eigenvalue weighted by molar-refractivity contribution is 5.99. The minimum Gasteiger partial charge on any atom is -0.408 e. The van der Waals surface area contributed by atoms with Gasteiger partial charge in [-0.3, -0.25) is 4.79 Å². The summed E-state index contributed by atoms with van der Waals surface area (Å²) < 4.78 is 5.47. The molecule has 1 fully saturated rings. The van der Waals surface area contributed by atoms with E-state index in [0.717, 1.165) is 25.9 Å². The molecular formula is C19H23N5O3. The van der Waals surface area contributed by atoms with Gasteiger partial charge >= 0.3 is 6.09 Å². The average molecular weight is 369 g/mol. The molecule has 2 amide bonds. The van der Waals surface area contributed by atoms with Crippen LogP contribution in [-0.2, 0) is 4.79 Å². The van der Waals surface area contributed by atoms with Gasteiger partial charge < -0.3 is 20.3 Å². The van der Waals surface area contributed by atoms with Crippen molar-refractivity contribution in [1.82, 2.24) is 20.2 Å². The third-order valence-corrected chi connectivity index (χ3v) is 4.40. The molecule has 8 heteroatoms. The Balaban J connectivity index is 1.96. The molecule has 2 heterocycles. The molecule has 1 aliphatic heterocycles. The van der Waals surface area contributed by atoms with E-state index in [1.54, 1.807) is 38.5 Å². The molecule has 2 N–H and O–H groups in total. The van der Waals surface area contributed by atoms with E-state index in [4.69, 9.17) is 4.74 Å². The van der Waals surface area contributed by atoms with Crippen molar-refractivity contribution in [3.63, 3.8) is 0 Å². The van der Waals surface area contributed by atoms with Crippen LogP contribution in [0.25, 0.3) is 11.3 Å². The molecule has 27 heavy (non-hydrogen) atoms. The molecule has 0 radical (unpaired) electrons. The van der Waals surface area contributed by atoms with Crippen LogP contribution in [0.3, 0.4) is 0 Å². The van der Waals surface area contributed by atoms with Crippen LogP contribution in [-0.4, -0.2) is 54.1 Å². The highest BCUT2D eigenvalue weighted by Crippen LogP contribution is 2.36. The number of ether oxygens (including phenoxy) is 1. The molecular weight excluding hydrogens is 346 g/mol.